The summed E-state index contributed by atoms with van der Waals surface area (Å²) in [4.78, 5) is 24.3. The molecule has 110 valence electrons. The smallest absolute Gasteiger partial charge is 0.326 e. The normalized spacial score (nSPS) is 12.1. The number of nitrogens with zero attached hydrogens (tertiary/aromatic N) is 1. The van der Waals surface area contributed by atoms with Crippen molar-refractivity contribution in [1.29, 1.82) is 0 Å². The van der Waals surface area contributed by atoms with Gasteiger partial charge >= 0.3 is 12.0 Å². The van der Waals surface area contributed by atoms with Crippen molar-refractivity contribution in [2.75, 3.05) is 7.05 Å². The Morgan fingerprint density at radius 2 is 1.85 bits per heavy atom. The SMILES string of the molecule is CC(C)[C@@H](NC(=O)N(C)Cc1ccc(F)cc1)C(=O)O. The quantitative estimate of drug-likeness (QED) is 0.868. The van der Waals surface area contributed by atoms with E-state index in [4.69, 9.17) is 5.11 Å². The standard InChI is InChI=1S/C14H19FN2O3/c1-9(2)12(13(18)19)16-14(20)17(3)8-10-4-6-11(15)7-5-10/h4-7,9,12H,8H2,1-3H3,(H,16,20)(H,18,19)/t12-/m1/s1. The van der Waals surface area contributed by atoms with Crippen LogP contribution in [0.1, 0.15) is 19.4 Å². The summed E-state index contributed by atoms with van der Waals surface area (Å²) in [7, 11) is 1.55. The highest BCUT2D eigenvalue weighted by Crippen LogP contribution is 2.07. The predicted octanol–water partition coefficient (Wildman–Crippen LogP) is 2.08. The fourth-order valence-corrected chi connectivity index (χ4v) is 1.69. The van der Waals surface area contributed by atoms with Crippen LogP contribution in [0.4, 0.5) is 9.18 Å². The Hall–Kier alpha value is -2.11. The van der Waals surface area contributed by atoms with Crippen molar-refractivity contribution < 1.29 is 19.1 Å². The van der Waals surface area contributed by atoms with Crippen LogP contribution in [0.3, 0.4) is 0 Å². The Labute approximate surface area is 117 Å². The Bertz CT molecular complexity index is 474. The van der Waals surface area contributed by atoms with Gasteiger partial charge in [0.15, 0.2) is 0 Å². The molecule has 0 aromatic heterocycles. The highest BCUT2D eigenvalue weighted by atomic mass is 19.1. The number of carbonyl (C=O) groups excluding carboxylic acids is 1. The van der Waals surface area contributed by atoms with Gasteiger partial charge in [-0.15, -0.1) is 0 Å². The molecule has 0 heterocycles. The lowest BCUT2D eigenvalue weighted by atomic mass is 10.1. The predicted molar refractivity (Wildman–Crippen MR) is 72.7 cm³/mol. The summed E-state index contributed by atoms with van der Waals surface area (Å²) < 4.78 is 12.8. The average molecular weight is 282 g/mol. The molecule has 0 saturated heterocycles. The van der Waals surface area contributed by atoms with Crippen LogP contribution in [0.2, 0.25) is 0 Å². The number of carboxylic acids is 1. The summed E-state index contributed by atoms with van der Waals surface area (Å²) in [6, 6.07) is 4.38. The molecule has 1 aromatic rings. The van der Waals surface area contributed by atoms with Crippen LogP contribution in [0, 0.1) is 11.7 Å². The maximum atomic E-state index is 12.8. The fraction of sp³-hybridized carbons (Fsp3) is 0.429. The van der Waals surface area contributed by atoms with Gasteiger partial charge in [0.05, 0.1) is 0 Å². The largest absolute Gasteiger partial charge is 0.480 e. The van der Waals surface area contributed by atoms with Crippen molar-refractivity contribution in [1.82, 2.24) is 10.2 Å². The third-order valence-corrected chi connectivity index (χ3v) is 2.89. The van der Waals surface area contributed by atoms with E-state index in [1.54, 1.807) is 33.0 Å². The first-order valence-corrected chi connectivity index (χ1v) is 6.30. The van der Waals surface area contributed by atoms with Gasteiger partial charge in [-0.3, -0.25) is 0 Å². The monoisotopic (exact) mass is 282 g/mol. The summed E-state index contributed by atoms with van der Waals surface area (Å²) in [6.45, 7) is 3.72. The maximum Gasteiger partial charge on any atom is 0.326 e. The molecule has 0 unspecified atom stereocenters. The Morgan fingerprint density at radius 1 is 1.30 bits per heavy atom. The van der Waals surface area contributed by atoms with Gasteiger partial charge < -0.3 is 15.3 Å². The number of urea groups is 1. The molecule has 0 spiro atoms. The number of halogens is 1. The van der Waals surface area contributed by atoms with E-state index < -0.39 is 18.0 Å². The zero-order valence-electron chi connectivity index (χ0n) is 11.8. The number of benzene rings is 1. The van der Waals surface area contributed by atoms with Crippen molar-refractivity contribution in [2.24, 2.45) is 5.92 Å². The molecule has 1 aromatic carbocycles. The summed E-state index contributed by atoms with van der Waals surface area (Å²) >= 11 is 0. The second-order valence-corrected chi connectivity index (χ2v) is 4.99. The van der Waals surface area contributed by atoms with Crippen LogP contribution >= 0.6 is 0 Å². The van der Waals surface area contributed by atoms with Crippen LogP contribution in [0.5, 0.6) is 0 Å². The number of nitrogens with one attached hydrogen (secondary N) is 1. The van der Waals surface area contributed by atoms with E-state index in [-0.39, 0.29) is 18.3 Å². The molecule has 0 fully saturated rings. The molecule has 2 N–H and O–H groups in total. The van der Waals surface area contributed by atoms with Gasteiger partial charge in [-0.1, -0.05) is 26.0 Å². The fourth-order valence-electron chi connectivity index (χ4n) is 1.69. The van der Waals surface area contributed by atoms with Gasteiger partial charge in [0.25, 0.3) is 0 Å². The highest BCUT2D eigenvalue weighted by Gasteiger charge is 2.24. The molecule has 0 saturated carbocycles. The molecule has 0 aliphatic carbocycles. The second kappa shape index (κ2) is 6.88. The molecule has 5 nitrogen and oxygen atoms in total. The lowest BCUT2D eigenvalue weighted by Gasteiger charge is -2.23. The van der Waals surface area contributed by atoms with Crippen LogP contribution in [0.15, 0.2) is 24.3 Å². The number of hydrogen-bond donors (Lipinski definition) is 2. The van der Waals surface area contributed by atoms with Crippen LogP contribution in [-0.4, -0.2) is 35.1 Å². The van der Waals surface area contributed by atoms with E-state index >= 15 is 0 Å². The lowest BCUT2D eigenvalue weighted by molar-refractivity contribution is -0.140. The number of amides is 2. The third-order valence-electron chi connectivity index (χ3n) is 2.89. The zero-order valence-corrected chi connectivity index (χ0v) is 11.8. The summed E-state index contributed by atoms with van der Waals surface area (Å²) in [5.41, 5.74) is 0.764. The molecule has 20 heavy (non-hydrogen) atoms. The lowest BCUT2D eigenvalue weighted by Crippen LogP contribution is -2.48. The van der Waals surface area contributed by atoms with E-state index in [2.05, 4.69) is 5.32 Å². The molecular formula is C14H19FN2O3. The van der Waals surface area contributed by atoms with Gasteiger partial charge in [-0.25, -0.2) is 14.0 Å². The topological polar surface area (TPSA) is 69.6 Å². The number of carboxylic acid groups (broad SMARTS) is 1. The Morgan fingerprint density at radius 3 is 2.30 bits per heavy atom. The highest BCUT2D eigenvalue weighted by molar-refractivity contribution is 5.82. The van der Waals surface area contributed by atoms with Crippen molar-refractivity contribution >= 4 is 12.0 Å². The first kappa shape index (κ1) is 15.9. The number of carbonyl (C=O) groups is 2. The number of aliphatic carboxylic acids is 1. The van der Waals surface area contributed by atoms with E-state index in [1.807, 2.05) is 0 Å². The van der Waals surface area contributed by atoms with Crippen molar-refractivity contribution in [3.8, 4) is 0 Å². The Kier molecular flexibility index (Phi) is 5.49. The molecule has 2 amide bonds. The van der Waals surface area contributed by atoms with Crippen molar-refractivity contribution in [3.05, 3.63) is 35.6 Å². The molecule has 0 aliphatic heterocycles. The van der Waals surface area contributed by atoms with Gasteiger partial charge in [-0.2, -0.15) is 0 Å². The van der Waals surface area contributed by atoms with E-state index in [0.29, 0.717) is 0 Å². The van der Waals surface area contributed by atoms with Gasteiger partial charge in [0.2, 0.25) is 0 Å². The van der Waals surface area contributed by atoms with Crippen molar-refractivity contribution in [2.45, 2.75) is 26.4 Å². The molecule has 0 aliphatic rings. The minimum absolute atomic E-state index is 0.212. The van der Waals surface area contributed by atoms with Gasteiger partial charge in [0.1, 0.15) is 11.9 Å². The summed E-state index contributed by atoms with van der Waals surface area (Å²) in [5.74, 6) is -1.62. The first-order valence-electron chi connectivity index (χ1n) is 6.30. The van der Waals surface area contributed by atoms with Gasteiger partial charge in [-0.05, 0) is 23.6 Å². The molecular weight excluding hydrogens is 263 g/mol. The van der Waals surface area contributed by atoms with Crippen LogP contribution in [0.25, 0.3) is 0 Å². The minimum Gasteiger partial charge on any atom is -0.480 e. The van der Waals surface area contributed by atoms with E-state index in [0.717, 1.165) is 5.56 Å². The molecule has 6 heteroatoms. The van der Waals surface area contributed by atoms with E-state index in [9.17, 15) is 14.0 Å². The summed E-state index contributed by atoms with van der Waals surface area (Å²) in [6.07, 6.45) is 0. The third kappa shape index (κ3) is 4.53. The molecule has 0 radical (unpaired) electrons. The van der Waals surface area contributed by atoms with E-state index in [1.165, 1.54) is 17.0 Å². The average Bonchev–Trinajstić information content (AvgIpc) is 2.37. The van der Waals surface area contributed by atoms with Crippen LogP contribution < -0.4 is 5.32 Å². The Balaban J connectivity index is 2.62. The van der Waals surface area contributed by atoms with Crippen LogP contribution in [-0.2, 0) is 11.3 Å². The number of hydrogen-bond acceptors (Lipinski definition) is 2. The molecule has 1 rings (SSSR count). The maximum absolute atomic E-state index is 12.8. The number of rotatable bonds is 5. The van der Waals surface area contributed by atoms with Gasteiger partial charge in [0, 0.05) is 13.6 Å². The molecule has 0 bridgehead atoms. The zero-order chi connectivity index (χ0) is 15.3. The minimum atomic E-state index is -1.07. The first-order chi connectivity index (χ1) is 9.31. The molecule has 1 atom stereocenters. The summed E-state index contributed by atoms with van der Waals surface area (Å²) in [5, 5.41) is 11.5. The van der Waals surface area contributed by atoms with Crippen molar-refractivity contribution in [3.63, 3.8) is 0 Å². The second-order valence-electron chi connectivity index (χ2n) is 4.99.